The zero-order valence-corrected chi connectivity index (χ0v) is 21.0. The third-order valence-corrected chi connectivity index (χ3v) is 5.98. The largest absolute Gasteiger partial charge is 0.486 e. The van der Waals surface area contributed by atoms with Gasteiger partial charge in [0.2, 0.25) is 0 Å². The van der Waals surface area contributed by atoms with E-state index in [1.807, 2.05) is 24.3 Å². The van der Waals surface area contributed by atoms with Gasteiger partial charge in [-0.3, -0.25) is 9.59 Å². The first-order chi connectivity index (χ1) is 17.6. The van der Waals surface area contributed by atoms with Crippen molar-refractivity contribution in [2.24, 2.45) is 0 Å². The fourth-order valence-corrected chi connectivity index (χ4v) is 3.82. The number of hydrogen-bond acceptors (Lipinski definition) is 4. The first kappa shape index (κ1) is 27.8. The molecule has 5 nitrogen and oxygen atoms in total. The van der Waals surface area contributed by atoms with Crippen LogP contribution in [0.2, 0.25) is 0 Å². The SMILES string of the molecule is CCC[C@@H](Oc1ccc(C(=O)N(C)CCC(=O)OC)cc1)c1ccc(-c2ccc(C(F)(F)F)cc2)cc1. The number of esters is 1. The molecule has 0 saturated carbocycles. The van der Waals surface area contributed by atoms with E-state index >= 15 is 0 Å². The fourth-order valence-electron chi connectivity index (χ4n) is 3.82. The van der Waals surface area contributed by atoms with Crippen LogP contribution in [0.4, 0.5) is 13.2 Å². The molecule has 0 heterocycles. The second kappa shape index (κ2) is 12.4. The minimum absolute atomic E-state index is 0.121. The van der Waals surface area contributed by atoms with E-state index in [0.717, 1.165) is 36.1 Å². The average molecular weight is 514 g/mol. The zero-order valence-electron chi connectivity index (χ0n) is 21.0. The normalized spacial score (nSPS) is 12.1. The van der Waals surface area contributed by atoms with E-state index in [1.165, 1.54) is 24.1 Å². The number of alkyl halides is 3. The standard InChI is InChI=1S/C29H30F3NO4/c1-4-5-26(22-8-6-20(7-9-22)21-10-14-24(15-11-21)29(30,31)32)37-25-16-12-23(13-17-25)28(35)33(2)19-18-27(34)36-3/h6-17,26H,4-5,18-19H2,1-3H3/t26-/m1/s1. The lowest BCUT2D eigenvalue weighted by atomic mass is 9.99. The van der Waals surface area contributed by atoms with Gasteiger partial charge >= 0.3 is 12.1 Å². The molecule has 1 amide bonds. The van der Waals surface area contributed by atoms with Gasteiger partial charge in [-0.15, -0.1) is 0 Å². The van der Waals surface area contributed by atoms with Crippen LogP contribution in [-0.2, 0) is 15.7 Å². The number of benzene rings is 3. The number of halogens is 3. The highest BCUT2D eigenvalue weighted by molar-refractivity contribution is 5.94. The second-order valence-electron chi connectivity index (χ2n) is 8.67. The molecular weight excluding hydrogens is 483 g/mol. The number of hydrogen-bond donors (Lipinski definition) is 0. The lowest BCUT2D eigenvalue weighted by Crippen LogP contribution is -2.29. The molecule has 0 spiro atoms. The van der Waals surface area contributed by atoms with E-state index in [2.05, 4.69) is 11.7 Å². The third-order valence-electron chi connectivity index (χ3n) is 5.98. The molecule has 3 aromatic carbocycles. The predicted molar refractivity (Wildman–Crippen MR) is 135 cm³/mol. The maximum Gasteiger partial charge on any atom is 0.416 e. The molecule has 0 fully saturated rings. The van der Waals surface area contributed by atoms with Crippen molar-refractivity contribution in [1.29, 1.82) is 0 Å². The van der Waals surface area contributed by atoms with Crippen LogP contribution in [0.3, 0.4) is 0 Å². The van der Waals surface area contributed by atoms with Crippen LogP contribution >= 0.6 is 0 Å². The first-order valence-corrected chi connectivity index (χ1v) is 12.0. The van der Waals surface area contributed by atoms with E-state index in [0.29, 0.717) is 16.9 Å². The van der Waals surface area contributed by atoms with Crippen molar-refractivity contribution in [2.45, 2.75) is 38.5 Å². The number of ether oxygens (including phenoxy) is 2. The van der Waals surface area contributed by atoms with Gasteiger partial charge < -0.3 is 14.4 Å². The van der Waals surface area contributed by atoms with Crippen molar-refractivity contribution in [2.75, 3.05) is 20.7 Å². The molecule has 0 radical (unpaired) electrons. The van der Waals surface area contributed by atoms with Crippen LogP contribution in [0.15, 0.2) is 72.8 Å². The zero-order chi connectivity index (χ0) is 27.0. The molecule has 0 N–H and O–H groups in total. The lowest BCUT2D eigenvalue weighted by molar-refractivity contribution is -0.141. The van der Waals surface area contributed by atoms with Gasteiger partial charge in [-0.05, 0) is 59.5 Å². The minimum atomic E-state index is -4.36. The molecule has 0 saturated heterocycles. The summed E-state index contributed by atoms with van der Waals surface area (Å²) in [5, 5.41) is 0. The van der Waals surface area contributed by atoms with Crippen LogP contribution in [0.1, 0.15) is 53.8 Å². The van der Waals surface area contributed by atoms with Gasteiger partial charge in [-0.1, -0.05) is 49.7 Å². The van der Waals surface area contributed by atoms with Crippen molar-refractivity contribution in [1.82, 2.24) is 4.90 Å². The van der Waals surface area contributed by atoms with E-state index in [9.17, 15) is 22.8 Å². The maximum atomic E-state index is 12.8. The van der Waals surface area contributed by atoms with E-state index in [1.54, 1.807) is 31.3 Å². The summed E-state index contributed by atoms with van der Waals surface area (Å²) < 4.78 is 49.3. The van der Waals surface area contributed by atoms with Crippen LogP contribution in [0.5, 0.6) is 5.75 Å². The Morgan fingerprint density at radius 1 is 0.892 bits per heavy atom. The van der Waals surface area contributed by atoms with Gasteiger partial charge in [0.05, 0.1) is 19.1 Å². The van der Waals surface area contributed by atoms with Gasteiger partial charge in [-0.25, -0.2) is 0 Å². The van der Waals surface area contributed by atoms with Crippen molar-refractivity contribution >= 4 is 11.9 Å². The number of rotatable bonds is 10. The lowest BCUT2D eigenvalue weighted by Gasteiger charge is -2.20. The van der Waals surface area contributed by atoms with Gasteiger partial charge in [0.15, 0.2) is 0 Å². The van der Waals surface area contributed by atoms with Gasteiger partial charge in [0.25, 0.3) is 5.91 Å². The molecule has 0 aromatic heterocycles. The highest BCUT2D eigenvalue weighted by Crippen LogP contribution is 2.32. The van der Waals surface area contributed by atoms with E-state index < -0.39 is 11.7 Å². The van der Waals surface area contributed by atoms with E-state index in [4.69, 9.17) is 4.74 Å². The van der Waals surface area contributed by atoms with Gasteiger partial charge in [0, 0.05) is 19.2 Å². The van der Waals surface area contributed by atoms with Crippen LogP contribution in [0.25, 0.3) is 11.1 Å². The first-order valence-electron chi connectivity index (χ1n) is 12.0. The molecular formula is C29H30F3NO4. The molecule has 3 rings (SSSR count). The van der Waals surface area contributed by atoms with Crippen molar-refractivity contribution in [3.8, 4) is 16.9 Å². The molecule has 1 atom stereocenters. The summed E-state index contributed by atoms with van der Waals surface area (Å²) in [6.45, 7) is 2.31. The molecule has 0 aliphatic heterocycles. The number of nitrogens with zero attached hydrogens (tertiary/aromatic N) is 1. The summed E-state index contributed by atoms with van der Waals surface area (Å²) in [5.74, 6) is 0.0243. The minimum Gasteiger partial charge on any atom is -0.486 e. The van der Waals surface area contributed by atoms with Crippen molar-refractivity contribution in [3.05, 3.63) is 89.5 Å². The van der Waals surface area contributed by atoms with Crippen molar-refractivity contribution in [3.63, 3.8) is 0 Å². The maximum absolute atomic E-state index is 12.8. The smallest absolute Gasteiger partial charge is 0.416 e. The predicted octanol–water partition coefficient (Wildman–Crippen LogP) is 6.93. The fraction of sp³-hybridized carbons (Fsp3) is 0.310. The summed E-state index contributed by atoms with van der Waals surface area (Å²) in [6.07, 6.45) is -2.82. The Bertz CT molecular complexity index is 1170. The molecule has 0 aliphatic rings. The molecule has 0 aliphatic carbocycles. The highest BCUT2D eigenvalue weighted by Gasteiger charge is 2.30. The van der Waals surface area contributed by atoms with Crippen LogP contribution < -0.4 is 4.74 Å². The Balaban J connectivity index is 1.67. The summed E-state index contributed by atoms with van der Waals surface area (Å²) >= 11 is 0. The summed E-state index contributed by atoms with van der Waals surface area (Å²) in [4.78, 5) is 25.4. The Kier molecular flexibility index (Phi) is 9.33. The van der Waals surface area contributed by atoms with Crippen LogP contribution in [0, 0.1) is 0 Å². The number of carbonyl (C=O) groups is 2. The van der Waals surface area contributed by atoms with Crippen LogP contribution in [-0.4, -0.2) is 37.5 Å². The quantitative estimate of drug-likeness (QED) is 0.276. The number of amides is 1. The Labute approximate surface area is 214 Å². The number of methoxy groups -OCH3 is 1. The summed E-state index contributed by atoms with van der Waals surface area (Å²) in [7, 11) is 2.93. The Morgan fingerprint density at radius 3 is 1.97 bits per heavy atom. The topological polar surface area (TPSA) is 55.8 Å². The molecule has 0 bridgehead atoms. The monoisotopic (exact) mass is 513 g/mol. The second-order valence-corrected chi connectivity index (χ2v) is 8.67. The summed E-state index contributed by atoms with van der Waals surface area (Å²) in [6, 6.07) is 19.5. The molecule has 3 aromatic rings. The Hall–Kier alpha value is -3.81. The Morgan fingerprint density at radius 2 is 1.46 bits per heavy atom. The van der Waals surface area contributed by atoms with Crippen molar-refractivity contribution < 1.29 is 32.2 Å². The van der Waals surface area contributed by atoms with Gasteiger partial charge in [0.1, 0.15) is 11.9 Å². The van der Waals surface area contributed by atoms with Gasteiger partial charge in [-0.2, -0.15) is 13.2 Å². The average Bonchev–Trinajstić information content (AvgIpc) is 2.91. The molecule has 0 unspecified atom stereocenters. The third kappa shape index (κ3) is 7.59. The highest BCUT2D eigenvalue weighted by atomic mass is 19.4. The number of carbonyl (C=O) groups excluding carboxylic acids is 2. The molecule has 37 heavy (non-hydrogen) atoms. The molecule has 196 valence electrons. The summed E-state index contributed by atoms with van der Waals surface area (Å²) in [5.41, 5.74) is 2.26. The van der Waals surface area contributed by atoms with E-state index in [-0.39, 0.29) is 30.9 Å². The molecule has 8 heteroatoms.